The summed E-state index contributed by atoms with van der Waals surface area (Å²) in [4.78, 5) is 10.4. The van der Waals surface area contributed by atoms with Crippen LogP contribution < -0.4 is 5.32 Å². The van der Waals surface area contributed by atoms with Gasteiger partial charge < -0.3 is 9.84 Å². The van der Waals surface area contributed by atoms with Crippen molar-refractivity contribution in [3.8, 4) is 0 Å². The van der Waals surface area contributed by atoms with Crippen LogP contribution in [0.3, 0.4) is 0 Å². The van der Waals surface area contributed by atoms with Crippen molar-refractivity contribution in [2.24, 2.45) is 0 Å². The summed E-state index contributed by atoms with van der Waals surface area (Å²) in [5, 5.41) is 23.6. The molecule has 1 saturated heterocycles. The molecule has 3 rings (SSSR count). The summed E-state index contributed by atoms with van der Waals surface area (Å²) in [6.45, 7) is -0.0784. The number of non-ortho nitro benzene ring substituents is 1. The van der Waals surface area contributed by atoms with Crippen molar-refractivity contribution in [3.63, 3.8) is 0 Å². The molecule has 114 valence electrons. The number of ether oxygens (including phenoxy) is 1. The van der Waals surface area contributed by atoms with Crippen LogP contribution in [0.25, 0.3) is 0 Å². The molecule has 1 aliphatic heterocycles. The molecule has 0 amide bonds. The number of rotatable bonds is 4. The lowest BCUT2D eigenvalue weighted by Crippen LogP contribution is -2.30. The molecule has 22 heavy (non-hydrogen) atoms. The highest BCUT2D eigenvalue weighted by Gasteiger charge is 2.36. The van der Waals surface area contributed by atoms with Gasteiger partial charge in [0.15, 0.2) is 0 Å². The van der Waals surface area contributed by atoms with Gasteiger partial charge in [0.2, 0.25) is 0 Å². The van der Waals surface area contributed by atoms with Crippen molar-refractivity contribution in [2.75, 3.05) is 6.61 Å². The lowest BCUT2D eigenvalue weighted by molar-refractivity contribution is -0.385. The van der Waals surface area contributed by atoms with Gasteiger partial charge >= 0.3 is 0 Å². The van der Waals surface area contributed by atoms with Gasteiger partial charge in [0.25, 0.3) is 5.69 Å². The highest BCUT2D eigenvalue weighted by molar-refractivity contribution is 5.36. The maximum absolute atomic E-state index is 10.9. The fraction of sp³-hybridized carbons (Fsp3) is 0.250. The van der Waals surface area contributed by atoms with Gasteiger partial charge in [-0.25, -0.2) is 0 Å². The van der Waals surface area contributed by atoms with Gasteiger partial charge in [0.05, 0.1) is 17.6 Å². The molecular formula is C16H16N2O4. The van der Waals surface area contributed by atoms with Gasteiger partial charge in [-0.3, -0.25) is 15.4 Å². The molecule has 1 fully saturated rings. The summed E-state index contributed by atoms with van der Waals surface area (Å²) in [6, 6.07) is 15.7. The smallest absolute Gasteiger partial charge is 0.269 e. The van der Waals surface area contributed by atoms with Gasteiger partial charge in [-0.05, 0) is 5.56 Å². The Bertz CT molecular complexity index is 662. The summed E-state index contributed by atoms with van der Waals surface area (Å²) in [5.41, 5.74) is 1.65. The van der Waals surface area contributed by atoms with Crippen molar-refractivity contribution < 1.29 is 14.8 Å². The summed E-state index contributed by atoms with van der Waals surface area (Å²) in [7, 11) is 0. The third kappa shape index (κ3) is 2.85. The van der Waals surface area contributed by atoms with E-state index in [0.717, 1.165) is 5.56 Å². The summed E-state index contributed by atoms with van der Waals surface area (Å²) in [6.07, 6.45) is -0.780. The van der Waals surface area contributed by atoms with E-state index >= 15 is 0 Å². The van der Waals surface area contributed by atoms with E-state index in [1.807, 2.05) is 30.3 Å². The molecule has 6 heteroatoms. The minimum Gasteiger partial charge on any atom is -0.395 e. The molecule has 1 aliphatic rings. The number of hydrogen-bond acceptors (Lipinski definition) is 5. The van der Waals surface area contributed by atoms with Crippen molar-refractivity contribution in [1.82, 2.24) is 5.32 Å². The van der Waals surface area contributed by atoms with Crippen molar-refractivity contribution in [2.45, 2.75) is 18.4 Å². The van der Waals surface area contributed by atoms with Crippen LogP contribution in [-0.2, 0) is 4.74 Å². The van der Waals surface area contributed by atoms with Gasteiger partial charge in [-0.1, -0.05) is 42.5 Å². The molecule has 3 atom stereocenters. The van der Waals surface area contributed by atoms with Gasteiger partial charge in [0, 0.05) is 17.7 Å². The van der Waals surface area contributed by atoms with Crippen LogP contribution in [0.4, 0.5) is 5.69 Å². The molecule has 0 aliphatic carbocycles. The van der Waals surface area contributed by atoms with Crippen molar-refractivity contribution in [1.29, 1.82) is 0 Å². The number of nitro groups is 1. The monoisotopic (exact) mass is 300 g/mol. The molecule has 1 unspecified atom stereocenters. The van der Waals surface area contributed by atoms with E-state index in [1.54, 1.807) is 12.1 Å². The van der Waals surface area contributed by atoms with E-state index in [-0.39, 0.29) is 24.4 Å². The summed E-state index contributed by atoms with van der Waals surface area (Å²) >= 11 is 0. The van der Waals surface area contributed by atoms with Gasteiger partial charge in [-0.15, -0.1) is 0 Å². The predicted octanol–water partition coefficient (Wildman–Crippen LogP) is 2.32. The minimum absolute atomic E-state index is 0.0200. The zero-order chi connectivity index (χ0) is 15.5. The molecule has 0 saturated carbocycles. The number of aliphatic hydroxyl groups is 1. The Morgan fingerprint density at radius 1 is 1.14 bits per heavy atom. The number of hydrogen-bond donors (Lipinski definition) is 2. The first-order chi connectivity index (χ1) is 10.7. The zero-order valence-electron chi connectivity index (χ0n) is 11.8. The minimum atomic E-state index is -0.484. The Morgan fingerprint density at radius 3 is 2.55 bits per heavy atom. The highest BCUT2D eigenvalue weighted by atomic mass is 16.6. The van der Waals surface area contributed by atoms with E-state index in [1.165, 1.54) is 12.1 Å². The second-order valence-corrected chi connectivity index (χ2v) is 5.16. The Labute approximate surface area is 127 Å². The van der Waals surface area contributed by atoms with Crippen LogP contribution in [0.1, 0.15) is 23.5 Å². The fourth-order valence-corrected chi connectivity index (χ4v) is 2.64. The third-order valence-electron chi connectivity index (χ3n) is 3.72. The van der Waals surface area contributed by atoms with Crippen LogP contribution >= 0.6 is 0 Å². The van der Waals surface area contributed by atoms with Crippen LogP contribution in [0, 0.1) is 10.1 Å². The van der Waals surface area contributed by atoms with Crippen molar-refractivity contribution in [3.05, 3.63) is 75.8 Å². The Hall–Kier alpha value is -2.28. The Balaban J connectivity index is 1.85. The molecule has 1 heterocycles. The molecule has 2 N–H and O–H groups in total. The first-order valence-electron chi connectivity index (χ1n) is 7.00. The first kappa shape index (κ1) is 14.6. The Kier molecular flexibility index (Phi) is 4.15. The van der Waals surface area contributed by atoms with E-state index in [0.29, 0.717) is 5.56 Å². The molecule has 0 bridgehead atoms. The molecule has 0 aromatic heterocycles. The fourth-order valence-electron chi connectivity index (χ4n) is 2.64. The summed E-state index contributed by atoms with van der Waals surface area (Å²) < 4.78 is 5.98. The van der Waals surface area contributed by atoms with E-state index in [2.05, 4.69) is 5.32 Å². The lowest BCUT2D eigenvalue weighted by atomic mass is 10.0. The Morgan fingerprint density at radius 2 is 1.86 bits per heavy atom. The number of nitro benzene ring substituents is 1. The maximum Gasteiger partial charge on any atom is 0.269 e. The quantitative estimate of drug-likeness (QED) is 0.668. The van der Waals surface area contributed by atoms with Crippen LogP contribution in [0.15, 0.2) is 54.6 Å². The second-order valence-electron chi connectivity index (χ2n) is 5.16. The molecular weight excluding hydrogens is 284 g/mol. The third-order valence-corrected chi connectivity index (χ3v) is 3.72. The lowest BCUT2D eigenvalue weighted by Gasteiger charge is -2.15. The number of nitrogens with one attached hydrogen (secondary N) is 1. The van der Waals surface area contributed by atoms with Crippen LogP contribution in [-0.4, -0.2) is 22.7 Å². The second kappa shape index (κ2) is 6.23. The maximum atomic E-state index is 10.9. The average Bonchev–Trinajstić information content (AvgIpc) is 3.00. The normalized spacial score (nSPS) is 24.3. The van der Waals surface area contributed by atoms with Crippen LogP contribution in [0.5, 0.6) is 0 Å². The van der Waals surface area contributed by atoms with E-state index in [9.17, 15) is 15.2 Å². The average molecular weight is 300 g/mol. The van der Waals surface area contributed by atoms with E-state index < -0.39 is 11.2 Å². The topological polar surface area (TPSA) is 84.6 Å². The van der Waals surface area contributed by atoms with E-state index in [4.69, 9.17) is 4.74 Å². The molecule has 0 radical (unpaired) electrons. The standard InChI is InChI=1S/C16H16N2O4/c19-10-14-15(11-5-2-1-3-6-11)22-16(17-14)12-7-4-8-13(9-12)18(20)21/h1-9,14-17,19H,10H2/t14-,15?,16+/m0/s1. The van der Waals surface area contributed by atoms with Crippen molar-refractivity contribution >= 4 is 5.69 Å². The predicted molar refractivity (Wildman–Crippen MR) is 80.1 cm³/mol. The SMILES string of the molecule is O=[N+]([O-])c1cccc([C@@H]2N[C@@H](CO)C(c3ccccc3)O2)c1. The summed E-state index contributed by atoms with van der Waals surface area (Å²) in [5.74, 6) is 0. The highest BCUT2D eigenvalue weighted by Crippen LogP contribution is 2.35. The zero-order valence-corrected chi connectivity index (χ0v) is 11.8. The van der Waals surface area contributed by atoms with Crippen LogP contribution in [0.2, 0.25) is 0 Å². The number of aliphatic hydroxyl groups excluding tert-OH is 1. The molecule has 6 nitrogen and oxygen atoms in total. The molecule has 0 spiro atoms. The largest absolute Gasteiger partial charge is 0.395 e. The number of nitrogens with zero attached hydrogens (tertiary/aromatic N) is 1. The molecule has 2 aromatic rings. The number of benzene rings is 2. The van der Waals surface area contributed by atoms with Gasteiger partial charge in [0.1, 0.15) is 12.3 Å². The molecule has 2 aromatic carbocycles. The first-order valence-corrected chi connectivity index (χ1v) is 7.00. The van der Waals surface area contributed by atoms with Gasteiger partial charge in [-0.2, -0.15) is 0 Å².